The minimum Gasteiger partial charge on any atom is -0.484 e. The molecule has 0 spiro atoms. The van der Waals surface area contributed by atoms with Gasteiger partial charge in [-0.05, 0) is 86.2 Å². The summed E-state index contributed by atoms with van der Waals surface area (Å²) in [6, 6.07) is 25.2. The van der Waals surface area contributed by atoms with E-state index in [-0.39, 0.29) is 24.6 Å². The summed E-state index contributed by atoms with van der Waals surface area (Å²) in [4.78, 5) is 19.1. The maximum atomic E-state index is 12.4. The molecule has 8 heteroatoms. The van der Waals surface area contributed by atoms with Crippen molar-refractivity contribution in [3.8, 4) is 5.75 Å². The lowest BCUT2D eigenvalue weighted by Crippen LogP contribution is -2.29. The quantitative estimate of drug-likeness (QED) is 0.298. The van der Waals surface area contributed by atoms with Gasteiger partial charge in [-0.2, -0.15) is 0 Å². The molecule has 0 radical (unpaired) electrons. The second-order valence-electron chi connectivity index (χ2n) is 9.18. The zero-order valence-corrected chi connectivity index (χ0v) is 21.6. The second kappa shape index (κ2) is 10.8. The lowest BCUT2D eigenvalue weighted by Gasteiger charge is -2.27. The van der Waals surface area contributed by atoms with Gasteiger partial charge in [-0.15, -0.1) is 0 Å². The van der Waals surface area contributed by atoms with E-state index >= 15 is 0 Å². The first kappa shape index (κ1) is 24.5. The van der Waals surface area contributed by atoms with Crippen LogP contribution < -0.4 is 20.3 Å². The van der Waals surface area contributed by atoms with E-state index in [9.17, 15) is 4.79 Å². The van der Waals surface area contributed by atoms with Crippen molar-refractivity contribution >= 4 is 34.6 Å². The van der Waals surface area contributed by atoms with Gasteiger partial charge in [0.1, 0.15) is 5.75 Å². The molecule has 2 atom stereocenters. The number of hydrogen-bond donors (Lipinski definition) is 2. The summed E-state index contributed by atoms with van der Waals surface area (Å²) in [5.74, 6) is 0.431. The van der Waals surface area contributed by atoms with E-state index in [1.807, 2.05) is 72.8 Å². The zero-order valence-electron chi connectivity index (χ0n) is 20.7. The third-order valence-electron chi connectivity index (χ3n) is 6.32. The number of carbonyl (C=O) groups is 1. The molecule has 1 aliphatic rings. The van der Waals surface area contributed by atoms with Gasteiger partial charge in [0, 0.05) is 36.0 Å². The van der Waals surface area contributed by atoms with Gasteiger partial charge < -0.3 is 24.8 Å². The molecule has 7 nitrogen and oxygen atoms in total. The number of benzene rings is 2. The molecule has 2 N–H and O–H groups in total. The predicted molar refractivity (Wildman–Crippen MR) is 150 cm³/mol. The molecule has 37 heavy (non-hydrogen) atoms. The molecular weight excluding hydrogens is 482 g/mol. The number of aromatic nitrogens is 2. The highest BCUT2D eigenvalue weighted by molar-refractivity contribution is 7.80. The van der Waals surface area contributed by atoms with Gasteiger partial charge in [0.25, 0.3) is 5.91 Å². The van der Waals surface area contributed by atoms with Crippen molar-refractivity contribution in [3.63, 3.8) is 0 Å². The summed E-state index contributed by atoms with van der Waals surface area (Å²) in [7, 11) is 0. The summed E-state index contributed by atoms with van der Waals surface area (Å²) < 4.78 is 7.74. The van der Waals surface area contributed by atoms with Gasteiger partial charge in [-0.1, -0.05) is 24.3 Å². The molecule has 1 aliphatic heterocycles. The zero-order chi connectivity index (χ0) is 25.8. The van der Waals surface area contributed by atoms with Crippen molar-refractivity contribution in [2.75, 3.05) is 16.8 Å². The number of ether oxygens (including phenoxy) is 1. The summed E-state index contributed by atoms with van der Waals surface area (Å²) in [6.07, 6.45) is 6.08. The van der Waals surface area contributed by atoms with Gasteiger partial charge in [0.2, 0.25) is 0 Å². The van der Waals surface area contributed by atoms with E-state index < -0.39 is 0 Å². The largest absolute Gasteiger partial charge is 0.484 e. The van der Waals surface area contributed by atoms with Crippen molar-refractivity contribution in [2.45, 2.75) is 32.0 Å². The minimum absolute atomic E-state index is 0.0629. The smallest absolute Gasteiger partial charge is 0.262 e. The first-order valence-corrected chi connectivity index (χ1v) is 12.7. The predicted octanol–water partition coefficient (Wildman–Crippen LogP) is 5.66. The van der Waals surface area contributed by atoms with Crippen molar-refractivity contribution < 1.29 is 9.53 Å². The Hall–Kier alpha value is -4.17. The van der Waals surface area contributed by atoms with Crippen molar-refractivity contribution in [1.82, 2.24) is 14.9 Å². The third-order valence-corrected chi connectivity index (χ3v) is 6.63. The van der Waals surface area contributed by atoms with E-state index in [2.05, 4.69) is 57.4 Å². The maximum absolute atomic E-state index is 12.4. The maximum Gasteiger partial charge on any atom is 0.262 e. The number of pyridine rings is 1. The Morgan fingerprint density at radius 1 is 1.05 bits per heavy atom. The molecule has 2 aromatic heterocycles. The molecule has 0 unspecified atom stereocenters. The molecule has 2 aromatic carbocycles. The molecule has 3 heterocycles. The van der Waals surface area contributed by atoms with E-state index in [1.54, 1.807) is 6.20 Å². The fourth-order valence-electron chi connectivity index (χ4n) is 4.47. The van der Waals surface area contributed by atoms with Crippen molar-refractivity contribution in [2.24, 2.45) is 0 Å². The molecule has 1 fully saturated rings. The Kier molecular flexibility index (Phi) is 7.18. The van der Waals surface area contributed by atoms with Crippen LogP contribution in [0.15, 0.2) is 97.5 Å². The van der Waals surface area contributed by atoms with Crippen molar-refractivity contribution in [1.29, 1.82) is 0 Å². The van der Waals surface area contributed by atoms with Crippen molar-refractivity contribution in [3.05, 3.63) is 109 Å². The highest BCUT2D eigenvalue weighted by Gasteiger charge is 2.41. The Balaban J connectivity index is 1.36. The van der Waals surface area contributed by atoms with Crippen LogP contribution in [0.4, 0.5) is 11.4 Å². The van der Waals surface area contributed by atoms with E-state index in [1.165, 1.54) is 0 Å². The highest BCUT2D eigenvalue weighted by Crippen LogP contribution is 2.42. The van der Waals surface area contributed by atoms with Crippen LogP contribution in [0, 0.1) is 0 Å². The molecule has 0 saturated carbocycles. The Morgan fingerprint density at radius 3 is 2.49 bits per heavy atom. The van der Waals surface area contributed by atoms with Gasteiger partial charge in [-0.25, -0.2) is 0 Å². The first-order chi connectivity index (χ1) is 18.0. The van der Waals surface area contributed by atoms with E-state index in [4.69, 9.17) is 17.0 Å². The monoisotopic (exact) mass is 511 g/mol. The molecule has 5 rings (SSSR count). The SMILES string of the molecule is CC(C)n1ccc([C@@H]2[C@@H](c3ccccn3)NC(=S)N2c2ccc(NC(=O)COc3ccccc3)cc2)c1. The molecule has 4 aromatic rings. The molecule has 0 aliphatic carbocycles. The topological polar surface area (TPSA) is 71.4 Å². The minimum atomic E-state index is -0.224. The lowest BCUT2D eigenvalue weighted by molar-refractivity contribution is -0.118. The van der Waals surface area contributed by atoms with E-state index in [0.29, 0.717) is 22.6 Å². The molecule has 0 bridgehead atoms. The summed E-state index contributed by atoms with van der Waals surface area (Å²) >= 11 is 5.81. The average molecular weight is 512 g/mol. The Bertz CT molecular complexity index is 1360. The number of thiocarbonyl (C=S) groups is 1. The normalized spacial score (nSPS) is 17.1. The summed E-state index contributed by atoms with van der Waals surface area (Å²) in [5, 5.41) is 7.01. The first-order valence-electron chi connectivity index (χ1n) is 12.3. The van der Waals surface area contributed by atoms with Gasteiger partial charge >= 0.3 is 0 Å². The van der Waals surface area contributed by atoms with Crippen LogP contribution in [-0.2, 0) is 4.79 Å². The fraction of sp³-hybridized carbons (Fsp3) is 0.207. The van der Waals surface area contributed by atoms with Gasteiger partial charge in [0.05, 0.1) is 17.8 Å². The van der Waals surface area contributed by atoms with Crippen LogP contribution in [0.2, 0.25) is 0 Å². The Labute approximate surface area is 222 Å². The number of carbonyl (C=O) groups excluding carboxylic acids is 1. The average Bonchev–Trinajstić information content (AvgIpc) is 3.54. The van der Waals surface area contributed by atoms with Gasteiger partial charge in [0.15, 0.2) is 11.7 Å². The number of amides is 1. The molecule has 1 saturated heterocycles. The Morgan fingerprint density at radius 2 is 1.81 bits per heavy atom. The number of anilines is 2. The van der Waals surface area contributed by atoms with E-state index in [0.717, 1.165) is 16.9 Å². The standard InChI is InChI=1S/C29H29N5O2S/c1-20(2)33-17-15-21(18-33)28-27(25-10-6-7-16-30-25)32-29(37)34(28)23-13-11-22(12-14-23)31-26(35)19-36-24-8-4-3-5-9-24/h3-18,20,27-28H,19H2,1-2H3,(H,31,35)(H,32,37)/t27-,28-/m1/s1. The summed E-state index contributed by atoms with van der Waals surface area (Å²) in [5.41, 5.74) is 3.69. The molecule has 188 valence electrons. The number of hydrogen-bond acceptors (Lipinski definition) is 4. The fourth-order valence-corrected chi connectivity index (χ4v) is 4.81. The van der Waals surface area contributed by atoms with Crippen LogP contribution in [0.1, 0.15) is 43.2 Å². The van der Waals surface area contributed by atoms with Crippen LogP contribution in [0.25, 0.3) is 0 Å². The molecule has 1 amide bonds. The second-order valence-corrected chi connectivity index (χ2v) is 9.57. The van der Waals surface area contributed by atoms with Crippen LogP contribution in [-0.4, -0.2) is 27.2 Å². The van der Waals surface area contributed by atoms with Gasteiger partial charge in [-0.3, -0.25) is 9.78 Å². The van der Waals surface area contributed by atoms with Crippen LogP contribution >= 0.6 is 12.2 Å². The lowest BCUT2D eigenvalue weighted by atomic mass is 9.98. The number of rotatable bonds is 8. The molecular formula is C29H29N5O2S. The number of nitrogens with zero attached hydrogens (tertiary/aromatic N) is 3. The van der Waals surface area contributed by atoms with Crippen LogP contribution in [0.5, 0.6) is 5.75 Å². The third kappa shape index (κ3) is 5.49. The summed E-state index contributed by atoms with van der Waals surface area (Å²) in [6.45, 7) is 4.26. The number of para-hydroxylation sites is 1. The number of nitrogens with one attached hydrogen (secondary N) is 2. The highest BCUT2D eigenvalue weighted by atomic mass is 32.1. The van der Waals surface area contributed by atoms with Crippen LogP contribution in [0.3, 0.4) is 0 Å².